The average Bonchev–Trinajstić information content (AvgIpc) is 3.13. The lowest BCUT2D eigenvalue weighted by Gasteiger charge is -2.26. The second-order valence-electron chi connectivity index (χ2n) is 11.8. The first kappa shape index (κ1) is 30.9. The van der Waals surface area contributed by atoms with E-state index in [-0.39, 0.29) is 0 Å². The summed E-state index contributed by atoms with van der Waals surface area (Å²) in [5.41, 5.74) is 14.7. The summed E-state index contributed by atoms with van der Waals surface area (Å²) in [6, 6.07) is 53.6. The van der Waals surface area contributed by atoms with Crippen molar-refractivity contribution in [3.63, 3.8) is 0 Å². The molecule has 6 aromatic carbocycles. The van der Waals surface area contributed by atoms with Crippen LogP contribution in [0.1, 0.15) is 49.9 Å². The topological polar surface area (TPSA) is 6.48 Å². The van der Waals surface area contributed by atoms with Crippen LogP contribution in [0.4, 0.5) is 34.1 Å². The molecule has 0 spiro atoms. The standard InChI is InChI=1S/C44H44N2/c1-5-33-9-21-39(22-10-33)45(40-23-11-34(6-2)12-24-40)43-29-17-37(18-30-43)38-19-31-44(32-20-38)46(41-25-13-35(7-3)14-26-41)42-27-15-36(8-4)16-28-42/h9-32H,5-8H2,1-4H3. The van der Waals surface area contributed by atoms with Crippen molar-refractivity contribution in [2.24, 2.45) is 0 Å². The predicted molar refractivity (Wildman–Crippen MR) is 199 cm³/mol. The molecule has 0 aromatic heterocycles. The number of rotatable bonds is 11. The minimum Gasteiger partial charge on any atom is -0.311 e. The Labute approximate surface area is 275 Å². The van der Waals surface area contributed by atoms with Crippen LogP contribution < -0.4 is 9.80 Å². The molecule has 0 bridgehead atoms. The van der Waals surface area contributed by atoms with Gasteiger partial charge < -0.3 is 9.80 Å². The molecule has 0 aliphatic carbocycles. The molecule has 0 saturated heterocycles. The van der Waals surface area contributed by atoms with E-state index in [1.54, 1.807) is 0 Å². The number of hydrogen-bond donors (Lipinski definition) is 0. The summed E-state index contributed by atoms with van der Waals surface area (Å²) >= 11 is 0. The van der Waals surface area contributed by atoms with Crippen LogP contribution in [0, 0.1) is 0 Å². The van der Waals surface area contributed by atoms with Crippen LogP contribution in [0.25, 0.3) is 11.1 Å². The van der Waals surface area contributed by atoms with Crippen molar-refractivity contribution < 1.29 is 0 Å². The van der Waals surface area contributed by atoms with Gasteiger partial charge in [-0.2, -0.15) is 0 Å². The molecule has 46 heavy (non-hydrogen) atoms. The monoisotopic (exact) mass is 600 g/mol. The van der Waals surface area contributed by atoms with E-state index in [1.165, 1.54) is 33.4 Å². The largest absolute Gasteiger partial charge is 0.311 e. The summed E-state index contributed by atoms with van der Waals surface area (Å²) in [6.07, 6.45) is 4.14. The Bertz CT molecular complexity index is 1580. The van der Waals surface area contributed by atoms with Crippen molar-refractivity contribution in [1.29, 1.82) is 0 Å². The third-order valence-electron chi connectivity index (χ3n) is 9.00. The van der Waals surface area contributed by atoms with Crippen LogP contribution in [0.5, 0.6) is 0 Å². The molecule has 0 radical (unpaired) electrons. The lowest BCUT2D eigenvalue weighted by Crippen LogP contribution is -2.10. The lowest BCUT2D eigenvalue weighted by molar-refractivity contribution is 1.13. The first-order valence-corrected chi connectivity index (χ1v) is 16.8. The molecule has 6 aromatic rings. The molecule has 230 valence electrons. The van der Waals surface area contributed by atoms with E-state index >= 15 is 0 Å². The Morgan fingerprint density at radius 3 is 0.609 bits per heavy atom. The third-order valence-corrected chi connectivity index (χ3v) is 9.00. The third kappa shape index (κ3) is 6.77. The highest BCUT2D eigenvalue weighted by Gasteiger charge is 2.15. The maximum Gasteiger partial charge on any atom is 0.0462 e. The van der Waals surface area contributed by atoms with Crippen molar-refractivity contribution in [3.8, 4) is 11.1 Å². The van der Waals surface area contributed by atoms with Gasteiger partial charge in [-0.05, 0) is 132 Å². The molecule has 0 N–H and O–H groups in total. The van der Waals surface area contributed by atoms with Crippen molar-refractivity contribution in [3.05, 3.63) is 168 Å². The van der Waals surface area contributed by atoms with Crippen LogP contribution in [0.3, 0.4) is 0 Å². The summed E-state index contributed by atoms with van der Waals surface area (Å²) in [7, 11) is 0. The summed E-state index contributed by atoms with van der Waals surface area (Å²) < 4.78 is 0. The van der Waals surface area contributed by atoms with Gasteiger partial charge in [-0.3, -0.25) is 0 Å². The van der Waals surface area contributed by atoms with Crippen molar-refractivity contribution in [2.45, 2.75) is 53.4 Å². The fraction of sp³-hybridized carbons (Fsp3) is 0.182. The minimum atomic E-state index is 1.03. The van der Waals surface area contributed by atoms with Gasteiger partial charge in [0.15, 0.2) is 0 Å². The van der Waals surface area contributed by atoms with Crippen LogP contribution >= 0.6 is 0 Å². The molecule has 0 unspecified atom stereocenters. The molecule has 0 fully saturated rings. The second-order valence-corrected chi connectivity index (χ2v) is 11.8. The van der Waals surface area contributed by atoms with Gasteiger partial charge in [0.1, 0.15) is 0 Å². The Kier molecular flexibility index (Phi) is 9.65. The molecule has 0 atom stereocenters. The molecule has 2 heteroatoms. The smallest absolute Gasteiger partial charge is 0.0462 e. The van der Waals surface area contributed by atoms with E-state index in [9.17, 15) is 0 Å². The van der Waals surface area contributed by atoms with Crippen molar-refractivity contribution >= 4 is 34.1 Å². The van der Waals surface area contributed by atoms with Crippen molar-refractivity contribution in [1.82, 2.24) is 0 Å². The summed E-state index contributed by atoms with van der Waals surface area (Å²) in [5, 5.41) is 0. The molecule has 6 rings (SSSR count). The highest BCUT2D eigenvalue weighted by atomic mass is 15.1. The van der Waals surface area contributed by atoms with Crippen LogP contribution in [-0.2, 0) is 25.7 Å². The maximum atomic E-state index is 2.34. The van der Waals surface area contributed by atoms with Crippen LogP contribution in [0.2, 0.25) is 0 Å². The van der Waals surface area contributed by atoms with E-state index in [2.05, 4.69) is 183 Å². The molecular weight excluding hydrogens is 556 g/mol. The second kappa shape index (κ2) is 14.3. The van der Waals surface area contributed by atoms with Crippen LogP contribution in [0.15, 0.2) is 146 Å². The molecular formula is C44H44N2. The summed E-state index contributed by atoms with van der Waals surface area (Å²) in [4.78, 5) is 4.69. The molecule has 0 aliphatic heterocycles. The lowest BCUT2D eigenvalue weighted by atomic mass is 10.0. The number of hydrogen-bond acceptors (Lipinski definition) is 2. The average molecular weight is 601 g/mol. The minimum absolute atomic E-state index is 1.03. The van der Waals surface area contributed by atoms with Crippen molar-refractivity contribution in [2.75, 3.05) is 9.80 Å². The molecule has 0 aliphatic rings. The van der Waals surface area contributed by atoms with Gasteiger partial charge in [0.05, 0.1) is 0 Å². The normalized spacial score (nSPS) is 11.0. The van der Waals surface area contributed by atoms with Gasteiger partial charge in [-0.1, -0.05) is 100 Å². The van der Waals surface area contributed by atoms with Gasteiger partial charge in [0.25, 0.3) is 0 Å². The van der Waals surface area contributed by atoms with Gasteiger partial charge in [-0.25, -0.2) is 0 Å². The zero-order chi connectivity index (χ0) is 31.9. The SMILES string of the molecule is CCc1ccc(N(c2ccc(CC)cc2)c2ccc(-c3ccc(N(c4ccc(CC)cc4)c4ccc(CC)cc4)cc3)cc2)cc1. The quantitative estimate of drug-likeness (QED) is 0.146. The Balaban J connectivity index is 1.31. The molecule has 2 nitrogen and oxygen atoms in total. The number of nitrogens with zero attached hydrogens (tertiary/aromatic N) is 2. The fourth-order valence-electron chi connectivity index (χ4n) is 6.02. The van der Waals surface area contributed by atoms with E-state index in [0.717, 1.165) is 59.8 Å². The Morgan fingerprint density at radius 2 is 0.435 bits per heavy atom. The number of aryl methyl sites for hydroxylation is 4. The van der Waals surface area contributed by atoms with E-state index < -0.39 is 0 Å². The van der Waals surface area contributed by atoms with Gasteiger partial charge in [0, 0.05) is 34.1 Å². The summed E-state index contributed by atoms with van der Waals surface area (Å²) in [5.74, 6) is 0. The van der Waals surface area contributed by atoms with E-state index in [1.807, 2.05) is 0 Å². The summed E-state index contributed by atoms with van der Waals surface area (Å²) in [6.45, 7) is 8.80. The zero-order valence-corrected chi connectivity index (χ0v) is 27.6. The predicted octanol–water partition coefficient (Wildman–Crippen LogP) is 12.5. The number of benzene rings is 6. The first-order chi connectivity index (χ1) is 22.6. The highest BCUT2D eigenvalue weighted by Crippen LogP contribution is 2.38. The molecule has 0 heterocycles. The van der Waals surface area contributed by atoms with Gasteiger partial charge in [0.2, 0.25) is 0 Å². The fourth-order valence-corrected chi connectivity index (χ4v) is 6.02. The first-order valence-electron chi connectivity index (χ1n) is 16.8. The molecule has 0 amide bonds. The van der Waals surface area contributed by atoms with E-state index in [4.69, 9.17) is 0 Å². The van der Waals surface area contributed by atoms with Gasteiger partial charge in [-0.15, -0.1) is 0 Å². The Hall–Kier alpha value is -5.08. The van der Waals surface area contributed by atoms with E-state index in [0.29, 0.717) is 0 Å². The maximum absolute atomic E-state index is 2.34. The van der Waals surface area contributed by atoms with Crippen LogP contribution in [-0.4, -0.2) is 0 Å². The number of anilines is 6. The molecule has 0 saturated carbocycles. The zero-order valence-electron chi connectivity index (χ0n) is 27.6. The van der Waals surface area contributed by atoms with Gasteiger partial charge >= 0.3 is 0 Å². The highest BCUT2D eigenvalue weighted by molar-refractivity contribution is 5.81. The Morgan fingerprint density at radius 1 is 0.261 bits per heavy atom.